The smallest absolute Gasteiger partial charge is 0.262 e. The van der Waals surface area contributed by atoms with Gasteiger partial charge in [0, 0.05) is 15.7 Å². The molecule has 0 aliphatic carbocycles. The van der Waals surface area contributed by atoms with Gasteiger partial charge in [-0.15, -0.1) is 0 Å². The Morgan fingerprint density at radius 2 is 1.72 bits per heavy atom. The van der Waals surface area contributed by atoms with E-state index in [-0.39, 0.29) is 18.3 Å². The van der Waals surface area contributed by atoms with Gasteiger partial charge in [-0.3, -0.25) is 9.59 Å². The van der Waals surface area contributed by atoms with Gasteiger partial charge in [-0.05, 0) is 73.5 Å². The van der Waals surface area contributed by atoms with Gasteiger partial charge in [0.15, 0.2) is 23.9 Å². The molecule has 1 N–H and O–H groups in total. The molecule has 0 saturated carbocycles. The van der Waals surface area contributed by atoms with Crippen LogP contribution in [0.3, 0.4) is 0 Å². The zero-order chi connectivity index (χ0) is 22.9. The molecular weight excluding hydrogens is 470 g/mol. The monoisotopic (exact) mass is 493 g/mol. The van der Waals surface area contributed by atoms with E-state index in [9.17, 15) is 9.59 Å². The van der Waals surface area contributed by atoms with Gasteiger partial charge in [0.1, 0.15) is 0 Å². The number of hydrogen-bond donors (Lipinski definition) is 1. The summed E-state index contributed by atoms with van der Waals surface area (Å²) in [5, 5.41) is 2.84. The molecule has 5 nitrogen and oxygen atoms in total. The molecule has 0 heterocycles. The third-order valence-electron chi connectivity index (χ3n) is 4.60. The minimum absolute atomic E-state index is 0.0938. The molecule has 3 rings (SSSR count). The van der Waals surface area contributed by atoms with Crippen LogP contribution in [0.2, 0.25) is 0 Å². The minimum atomic E-state index is -0.259. The molecule has 0 aliphatic heterocycles. The predicted molar refractivity (Wildman–Crippen MR) is 130 cm³/mol. The molecule has 0 spiro atoms. The lowest BCUT2D eigenvalue weighted by atomic mass is 10.1. The van der Waals surface area contributed by atoms with Crippen molar-refractivity contribution in [3.63, 3.8) is 0 Å². The molecule has 3 aromatic carbocycles. The summed E-state index contributed by atoms with van der Waals surface area (Å²) in [7, 11) is 0. The number of aryl methyl sites for hydroxylation is 1. The van der Waals surface area contributed by atoms with Crippen LogP contribution in [0.25, 0.3) is 6.08 Å². The van der Waals surface area contributed by atoms with Crippen LogP contribution in [0.1, 0.15) is 28.4 Å². The van der Waals surface area contributed by atoms with Crippen LogP contribution < -0.4 is 14.8 Å². The lowest BCUT2D eigenvalue weighted by molar-refractivity contribution is -0.118. The van der Waals surface area contributed by atoms with Crippen molar-refractivity contribution in [2.24, 2.45) is 0 Å². The number of ether oxygens (including phenoxy) is 2. The average molecular weight is 494 g/mol. The number of para-hydroxylation sites is 1. The molecule has 3 aromatic rings. The number of allylic oxidation sites excluding steroid dienone is 1. The molecule has 32 heavy (non-hydrogen) atoms. The second-order valence-corrected chi connectivity index (χ2v) is 7.91. The molecule has 0 saturated heterocycles. The Hall–Kier alpha value is -3.38. The molecule has 0 unspecified atom stereocenters. The van der Waals surface area contributed by atoms with Gasteiger partial charge in [-0.2, -0.15) is 0 Å². The number of nitrogens with one attached hydrogen (secondary N) is 1. The molecule has 0 aliphatic rings. The molecule has 0 radical (unpaired) electrons. The second-order valence-electron chi connectivity index (χ2n) is 7.00. The normalized spacial score (nSPS) is 10.7. The first-order chi connectivity index (χ1) is 15.5. The second kappa shape index (κ2) is 11.3. The predicted octanol–water partition coefficient (Wildman–Crippen LogP) is 6.07. The van der Waals surface area contributed by atoms with Crippen LogP contribution in [0.15, 0.2) is 77.3 Å². The number of hydrogen-bond acceptors (Lipinski definition) is 4. The van der Waals surface area contributed by atoms with Gasteiger partial charge in [-0.25, -0.2) is 0 Å². The van der Waals surface area contributed by atoms with E-state index in [0.717, 1.165) is 21.3 Å². The number of carbonyl (C=O) groups excluding carboxylic acids is 2. The van der Waals surface area contributed by atoms with E-state index in [4.69, 9.17) is 9.47 Å². The van der Waals surface area contributed by atoms with Crippen LogP contribution in [-0.4, -0.2) is 24.9 Å². The Morgan fingerprint density at radius 3 is 2.44 bits per heavy atom. The van der Waals surface area contributed by atoms with Gasteiger partial charge in [-0.1, -0.05) is 46.3 Å². The van der Waals surface area contributed by atoms with Gasteiger partial charge < -0.3 is 14.8 Å². The molecule has 0 aromatic heterocycles. The van der Waals surface area contributed by atoms with Crippen LogP contribution in [0, 0.1) is 6.92 Å². The fraction of sp³-hybridized carbons (Fsp3) is 0.154. The first kappa shape index (κ1) is 23.3. The number of benzene rings is 3. The summed E-state index contributed by atoms with van der Waals surface area (Å²) in [6.45, 7) is 4.09. The summed E-state index contributed by atoms with van der Waals surface area (Å²) in [5.74, 6) is 0.618. The highest BCUT2D eigenvalue weighted by Crippen LogP contribution is 2.29. The molecule has 0 atom stereocenters. The lowest BCUT2D eigenvalue weighted by Gasteiger charge is -2.13. The highest BCUT2D eigenvalue weighted by molar-refractivity contribution is 9.10. The highest BCUT2D eigenvalue weighted by Gasteiger charge is 2.10. The Labute approximate surface area is 196 Å². The van der Waals surface area contributed by atoms with Gasteiger partial charge >= 0.3 is 0 Å². The van der Waals surface area contributed by atoms with Crippen molar-refractivity contribution in [1.82, 2.24) is 0 Å². The van der Waals surface area contributed by atoms with Gasteiger partial charge in [0.05, 0.1) is 6.61 Å². The third-order valence-corrected chi connectivity index (χ3v) is 5.13. The lowest BCUT2D eigenvalue weighted by Crippen LogP contribution is -2.20. The molecule has 0 fully saturated rings. The minimum Gasteiger partial charge on any atom is -0.490 e. The zero-order valence-corrected chi connectivity index (χ0v) is 19.5. The quantitative estimate of drug-likeness (QED) is 0.290. The Bertz CT molecular complexity index is 1120. The van der Waals surface area contributed by atoms with Crippen molar-refractivity contribution in [1.29, 1.82) is 0 Å². The Morgan fingerprint density at radius 1 is 0.969 bits per heavy atom. The Balaban J connectivity index is 1.66. The van der Waals surface area contributed by atoms with Crippen molar-refractivity contribution >= 4 is 39.4 Å². The molecule has 164 valence electrons. The van der Waals surface area contributed by atoms with Gasteiger partial charge in [0.25, 0.3) is 5.91 Å². The highest BCUT2D eigenvalue weighted by atomic mass is 79.9. The summed E-state index contributed by atoms with van der Waals surface area (Å²) in [6, 6.07) is 20.1. The van der Waals surface area contributed by atoms with E-state index >= 15 is 0 Å². The first-order valence-electron chi connectivity index (χ1n) is 10.2. The summed E-state index contributed by atoms with van der Waals surface area (Å²) in [4.78, 5) is 24.6. The number of amides is 1. The van der Waals surface area contributed by atoms with E-state index in [0.29, 0.717) is 23.7 Å². The maximum atomic E-state index is 12.4. The average Bonchev–Trinajstić information content (AvgIpc) is 2.79. The van der Waals surface area contributed by atoms with E-state index in [1.54, 1.807) is 30.3 Å². The number of anilines is 1. The maximum Gasteiger partial charge on any atom is 0.262 e. The summed E-state index contributed by atoms with van der Waals surface area (Å²) >= 11 is 3.36. The molecule has 1 amide bonds. The van der Waals surface area contributed by atoms with Crippen molar-refractivity contribution in [3.8, 4) is 11.5 Å². The van der Waals surface area contributed by atoms with Crippen LogP contribution >= 0.6 is 15.9 Å². The fourth-order valence-corrected chi connectivity index (χ4v) is 3.21. The molecule has 0 bridgehead atoms. The van der Waals surface area contributed by atoms with E-state index in [2.05, 4.69) is 21.2 Å². The van der Waals surface area contributed by atoms with Crippen molar-refractivity contribution in [2.75, 3.05) is 18.5 Å². The number of halogens is 1. The van der Waals surface area contributed by atoms with Crippen molar-refractivity contribution < 1.29 is 19.1 Å². The Kier molecular flexibility index (Phi) is 8.22. The zero-order valence-electron chi connectivity index (χ0n) is 17.9. The van der Waals surface area contributed by atoms with Crippen molar-refractivity contribution in [3.05, 3.63) is 94.0 Å². The van der Waals surface area contributed by atoms with Crippen molar-refractivity contribution in [2.45, 2.75) is 13.8 Å². The maximum absolute atomic E-state index is 12.4. The summed E-state index contributed by atoms with van der Waals surface area (Å²) < 4.78 is 12.3. The summed E-state index contributed by atoms with van der Waals surface area (Å²) in [6.07, 6.45) is 3.24. The summed E-state index contributed by atoms with van der Waals surface area (Å²) in [5.41, 5.74) is 3.12. The number of rotatable bonds is 9. The SMILES string of the molecule is CCOc1cc(/C=C/C(=O)c2ccc(Br)cc2)ccc1OCC(=O)Nc1ccccc1C. The third kappa shape index (κ3) is 6.56. The largest absolute Gasteiger partial charge is 0.490 e. The van der Waals surface area contributed by atoms with E-state index in [1.807, 2.05) is 56.3 Å². The van der Waals surface area contributed by atoms with Crippen LogP contribution in [-0.2, 0) is 4.79 Å². The van der Waals surface area contributed by atoms with Crippen LogP contribution in [0.4, 0.5) is 5.69 Å². The fourth-order valence-electron chi connectivity index (χ4n) is 2.94. The molecule has 6 heteroatoms. The number of carbonyl (C=O) groups is 2. The molecular formula is C26H24BrNO4. The first-order valence-corrected chi connectivity index (χ1v) is 11.0. The topological polar surface area (TPSA) is 64.6 Å². The standard InChI is InChI=1S/C26H24BrNO4/c1-3-31-25-16-19(8-14-23(29)20-10-12-21(27)13-11-20)9-15-24(25)32-17-26(30)28-22-7-5-4-6-18(22)2/h4-16H,3,17H2,1-2H3,(H,28,30)/b14-8+. The van der Waals surface area contributed by atoms with E-state index in [1.165, 1.54) is 6.08 Å². The number of ketones is 1. The van der Waals surface area contributed by atoms with E-state index < -0.39 is 0 Å². The van der Waals surface area contributed by atoms with Crippen LogP contribution in [0.5, 0.6) is 11.5 Å². The van der Waals surface area contributed by atoms with Gasteiger partial charge in [0.2, 0.25) is 0 Å².